The quantitative estimate of drug-likeness (QED) is 0.641. The highest BCUT2D eigenvalue weighted by Gasteiger charge is 2.34. The highest BCUT2D eigenvalue weighted by atomic mass is 19.4. The number of hydrogen-bond acceptors (Lipinski definition) is 6. The molecule has 0 bridgehead atoms. The van der Waals surface area contributed by atoms with E-state index in [0.29, 0.717) is 5.76 Å². The first kappa shape index (κ1) is 22.7. The van der Waals surface area contributed by atoms with Gasteiger partial charge >= 0.3 is 6.18 Å². The molecule has 0 spiro atoms. The highest BCUT2D eigenvalue weighted by Crippen LogP contribution is 2.33. The fraction of sp³-hybridized carbons (Fsp3) is 0.250. The first-order chi connectivity index (χ1) is 15.0. The monoisotopic (exact) mass is 449 g/mol. The average molecular weight is 449 g/mol. The molecule has 0 saturated carbocycles. The second-order valence-electron chi connectivity index (χ2n) is 6.96. The maximum absolute atomic E-state index is 13.4. The lowest BCUT2D eigenvalue weighted by Crippen LogP contribution is -2.38. The van der Waals surface area contributed by atoms with Crippen molar-refractivity contribution in [3.63, 3.8) is 0 Å². The van der Waals surface area contributed by atoms with Crippen molar-refractivity contribution in [3.05, 3.63) is 69.3 Å². The molecule has 168 valence electrons. The Kier molecular flexibility index (Phi) is 6.14. The molecule has 0 aliphatic rings. The third kappa shape index (κ3) is 4.85. The minimum absolute atomic E-state index is 0.102. The van der Waals surface area contributed by atoms with Gasteiger partial charge in [0.15, 0.2) is 11.5 Å². The van der Waals surface area contributed by atoms with Crippen LogP contribution in [0.1, 0.15) is 27.5 Å². The summed E-state index contributed by atoms with van der Waals surface area (Å²) in [6.45, 7) is 2.56. The van der Waals surface area contributed by atoms with E-state index >= 15 is 0 Å². The van der Waals surface area contributed by atoms with Crippen LogP contribution in [0.25, 0.3) is 5.69 Å². The molecule has 0 aliphatic carbocycles. The summed E-state index contributed by atoms with van der Waals surface area (Å²) in [5, 5.41) is 9.90. The molecule has 0 saturated heterocycles. The van der Waals surface area contributed by atoms with Gasteiger partial charge in [-0.3, -0.25) is 14.4 Å². The third-order valence-corrected chi connectivity index (χ3v) is 4.37. The minimum atomic E-state index is -4.67. The van der Waals surface area contributed by atoms with Crippen molar-refractivity contribution < 1.29 is 27.3 Å². The summed E-state index contributed by atoms with van der Waals surface area (Å²) < 4.78 is 46.0. The Morgan fingerprint density at radius 1 is 1.19 bits per heavy atom. The fourth-order valence-electron chi connectivity index (χ4n) is 2.91. The molecule has 12 heteroatoms. The standard InChI is InChI=1S/C20H18F3N5O4/c1-11-8-15(29)18(25-28(11)14-7-5-4-6-13(14)20(21,22)23)19(31)27(3)10-17(30)24-16-9-12(2)32-26-16/h4-9H,10H2,1-3H3,(H,24,26,30). The lowest BCUT2D eigenvalue weighted by atomic mass is 10.1. The third-order valence-electron chi connectivity index (χ3n) is 4.37. The summed E-state index contributed by atoms with van der Waals surface area (Å²) in [5.41, 5.74) is -2.63. The number of carbonyl (C=O) groups excluding carboxylic acids is 2. The Morgan fingerprint density at radius 3 is 2.50 bits per heavy atom. The van der Waals surface area contributed by atoms with Crippen LogP contribution in [0.15, 0.2) is 45.7 Å². The van der Waals surface area contributed by atoms with E-state index in [2.05, 4.69) is 15.6 Å². The van der Waals surface area contributed by atoms with Gasteiger partial charge in [-0.1, -0.05) is 17.3 Å². The molecule has 2 heterocycles. The van der Waals surface area contributed by atoms with Gasteiger partial charge in [-0.15, -0.1) is 0 Å². The summed E-state index contributed by atoms with van der Waals surface area (Å²) >= 11 is 0. The smallest absolute Gasteiger partial charge is 0.360 e. The van der Waals surface area contributed by atoms with Crippen LogP contribution in [0.5, 0.6) is 0 Å². The maximum Gasteiger partial charge on any atom is 0.418 e. The SMILES string of the molecule is Cc1cc(NC(=O)CN(C)C(=O)c2nn(-c3ccccc3C(F)(F)F)c(C)cc2=O)no1. The predicted molar refractivity (Wildman–Crippen MR) is 106 cm³/mol. The normalized spacial score (nSPS) is 11.3. The van der Waals surface area contributed by atoms with Crippen LogP contribution in [-0.4, -0.2) is 45.2 Å². The number of rotatable bonds is 5. The Hall–Kier alpha value is -3.96. The summed E-state index contributed by atoms with van der Waals surface area (Å²) in [6.07, 6.45) is -4.67. The van der Waals surface area contributed by atoms with E-state index in [0.717, 1.165) is 21.7 Å². The number of likely N-dealkylation sites (N-methyl/N-ethyl adjacent to an activating group) is 1. The zero-order chi connectivity index (χ0) is 23.6. The number of anilines is 1. The molecule has 3 aromatic rings. The van der Waals surface area contributed by atoms with E-state index in [9.17, 15) is 27.6 Å². The average Bonchev–Trinajstić information content (AvgIpc) is 3.11. The lowest BCUT2D eigenvalue weighted by Gasteiger charge is -2.19. The molecule has 32 heavy (non-hydrogen) atoms. The van der Waals surface area contributed by atoms with Gasteiger partial charge in [0.1, 0.15) is 5.76 Å². The molecule has 3 rings (SSSR count). The van der Waals surface area contributed by atoms with E-state index in [1.54, 1.807) is 6.92 Å². The van der Waals surface area contributed by atoms with E-state index in [1.165, 1.54) is 38.2 Å². The van der Waals surface area contributed by atoms with Gasteiger partial charge in [-0.05, 0) is 26.0 Å². The van der Waals surface area contributed by atoms with Crippen LogP contribution >= 0.6 is 0 Å². The van der Waals surface area contributed by atoms with Crippen molar-refractivity contribution in [1.29, 1.82) is 0 Å². The van der Waals surface area contributed by atoms with Crippen LogP contribution < -0.4 is 10.7 Å². The molecule has 0 fully saturated rings. The van der Waals surface area contributed by atoms with Gasteiger partial charge in [-0.2, -0.15) is 18.3 Å². The van der Waals surface area contributed by atoms with Gasteiger partial charge in [0, 0.05) is 24.9 Å². The second kappa shape index (κ2) is 8.65. The number of nitrogens with zero attached hydrogens (tertiary/aromatic N) is 4. The van der Waals surface area contributed by atoms with Crippen LogP contribution in [-0.2, 0) is 11.0 Å². The zero-order valence-electron chi connectivity index (χ0n) is 17.2. The van der Waals surface area contributed by atoms with Crippen LogP contribution in [0, 0.1) is 13.8 Å². The number of aromatic nitrogens is 3. The maximum atomic E-state index is 13.4. The molecule has 2 aromatic heterocycles. The van der Waals surface area contributed by atoms with Gasteiger partial charge in [0.25, 0.3) is 5.91 Å². The van der Waals surface area contributed by atoms with E-state index in [-0.39, 0.29) is 17.2 Å². The van der Waals surface area contributed by atoms with E-state index in [1.807, 2.05) is 0 Å². The number of carbonyl (C=O) groups is 2. The predicted octanol–water partition coefficient (Wildman–Crippen LogP) is 2.57. The number of hydrogen-bond donors (Lipinski definition) is 1. The number of nitrogens with one attached hydrogen (secondary N) is 1. The topological polar surface area (TPSA) is 110 Å². The molecule has 0 radical (unpaired) electrons. The minimum Gasteiger partial charge on any atom is -0.360 e. The van der Waals surface area contributed by atoms with Crippen LogP contribution in [0.4, 0.5) is 19.0 Å². The van der Waals surface area contributed by atoms with Crippen LogP contribution in [0.2, 0.25) is 0 Å². The van der Waals surface area contributed by atoms with Gasteiger partial charge in [-0.25, -0.2) is 4.68 Å². The molecule has 9 nitrogen and oxygen atoms in total. The van der Waals surface area contributed by atoms with Crippen molar-refractivity contribution in [2.75, 3.05) is 18.9 Å². The first-order valence-corrected chi connectivity index (χ1v) is 9.23. The van der Waals surface area contributed by atoms with Crippen molar-refractivity contribution in [2.45, 2.75) is 20.0 Å². The summed E-state index contributed by atoms with van der Waals surface area (Å²) in [4.78, 5) is 38.2. The van der Waals surface area contributed by atoms with Gasteiger partial charge in [0.2, 0.25) is 11.3 Å². The molecule has 0 aliphatic heterocycles. The molecule has 1 aromatic carbocycles. The lowest BCUT2D eigenvalue weighted by molar-refractivity contribution is -0.137. The Balaban J connectivity index is 1.90. The summed E-state index contributed by atoms with van der Waals surface area (Å²) in [6, 6.07) is 7.14. The van der Waals surface area contributed by atoms with Crippen LogP contribution in [0.3, 0.4) is 0 Å². The Labute approximate surface area is 179 Å². The fourth-order valence-corrected chi connectivity index (χ4v) is 2.91. The van der Waals surface area contributed by atoms with E-state index < -0.39 is 41.2 Å². The number of halogens is 3. The Morgan fingerprint density at radius 2 is 1.88 bits per heavy atom. The van der Waals surface area contributed by atoms with Gasteiger partial charge in [0.05, 0.1) is 17.8 Å². The van der Waals surface area contributed by atoms with E-state index in [4.69, 9.17) is 4.52 Å². The molecule has 0 unspecified atom stereocenters. The largest absolute Gasteiger partial charge is 0.418 e. The molecular formula is C20H18F3N5O4. The number of benzene rings is 1. The van der Waals surface area contributed by atoms with Crippen molar-refractivity contribution in [1.82, 2.24) is 19.8 Å². The molecule has 1 N–H and O–H groups in total. The first-order valence-electron chi connectivity index (χ1n) is 9.23. The second-order valence-corrected chi connectivity index (χ2v) is 6.96. The number of amides is 2. The number of para-hydroxylation sites is 1. The number of aryl methyl sites for hydroxylation is 2. The molecule has 2 amide bonds. The van der Waals surface area contributed by atoms with Gasteiger partial charge < -0.3 is 14.7 Å². The number of alkyl halides is 3. The summed E-state index contributed by atoms with van der Waals surface area (Å²) in [7, 11) is 1.25. The van der Waals surface area contributed by atoms with Crippen molar-refractivity contribution in [3.8, 4) is 5.69 Å². The molecule has 0 atom stereocenters. The summed E-state index contributed by atoms with van der Waals surface area (Å²) in [5.74, 6) is -0.940. The van der Waals surface area contributed by atoms with Crippen molar-refractivity contribution >= 4 is 17.6 Å². The van der Waals surface area contributed by atoms with Crippen molar-refractivity contribution in [2.24, 2.45) is 0 Å². The zero-order valence-corrected chi connectivity index (χ0v) is 17.2. The molecular weight excluding hydrogens is 431 g/mol. The highest BCUT2D eigenvalue weighted by molar-refractivity contribution is 5.97. The Bertz CT molecular complexity index is 1230.